The van der Waals surface area contributed by atoms with Gasteiger partial charge in [-0.2, -0.15) is 0 Å². The predicted molar refractivity (Wildman–Crippen MR) is 53.1 cm³/mol. The van der Waals surface area contributed by atoms with Crippen molar-refractivity contribution in [2.45, 2.75) is 38.5 Å². The van der Waals surface area contributed by atoms with Crippen molar-refractivity contribution < 1.29 is 5.11 Å². The number of aliphatic hydroxyl groups is 1. The molecule has 0 aliphatic heterocycles. The van der Waals surface area contributed by atoms with Gasteiger partial charge >= 0.3 is 0 Å². The lowest BCUT2D eigenvalue weighted by Crippen LogP contribution is -2.49. The maximum Gasteiger partial charge on any atom is 0.102 e. The van der Waals surface area contributed by atoms with Crippen LogP contribution < -0.4 is 0 Å². The minimum atomic E-state index is -0.386. The monoisotopic (exact) mass is 186 g/mol. The van der Waals surface area contributed by atoms with Crippen LogP contribution >= 0.6 is 12.6 Å². The average Bonchev–Trinajstić information content (AvgIpc) is 2.38. The number of rotatable bonds is 2. The highest BCUT2D eigenvalue weighted by atomic mass is 32.1. The summed E-state index contributed by atoms with van der Waals surface area (Å²) in [7, 11) is 0. The van der Waals surface area contributed by atoms with Gasteiger partial charge in [-0.1, -0.05) is 13.8 Å². The highest BCUT2D eigenvalue weighted by Gasteiger charge is 2.62. The molecule has 4 unspecified atom stereocenters. The smallest absolute Gasteiger partial charge is 0.102 e. The fourth-order valence-electron chi connectivity index (χ4n) is 3.68. The van der Waals surface area contributed by atoms with Crippen LogP contribution in [0.25, 0.3) is 0 Å². The quantitative estimate of drug-likeness (QED) is 0.501. The van der Waals surface area contributed by atoms with E-state index in [0.717, 1.165) is 11.8 Å². The molecule has 3 saturated carbocycles. The van der Waals surface area contributed by atoms with Crippen molar-refractivity contribution in [2.24, 2.45) is 23.2 Å². The fraction of sp³-hybridized carbons (Fsp3) is 1.00. The normalized spacial score (nSPS) is 47.8. The third-order valence-electron chi connectivity index (χ3n) is 4.03. The van der Waals surface area contributed by atoms with Crippen molar-refractivity contribution in [2.75, 3.05) is 0 Å². The van der Waals surface area contributed by atoms with E-state index in [0.29, 0.717) is 5.92 Å². The van der Waals surface area contributed by atoms with Gasteiger partial charge in [-0.15, -0.1) is 12.6 Å². The minimum absolute atomic E-state index is 0.196. The van der Waals surface area contributed by atoms with Crippen LogP contribution in [0.1, 0.15) is 33.1 Å². The van der Waals surface area contributed by atoms with E-state index in [1.54, 1.807) is 0 Å². The molecule has 3 aliphatic rings. The first-order valence-corrected chi connectivity index (χ1v) is 5.46. The molecular formula is C10H18OS. The van der Waals surface area contributed by atoms with Crippen molar-refractivity contribution in [3.05, 3.63) is 0 Å². The summed E-state index contributed by atoms with van der Waals surface area (Å²) >= 11 is 4.23. The van der Waals surface area contributed by atoms with Crippen molar-refractivity contribution >= 4 is 12.6 Å². The summed E-state index contributed by atoms with van der Waals surface area (Å²) < 4.78 is 0. The van der Waals surface area contributed by atoms with E-state index in [1.807, 2.05) is 0 Å². The van der Waals surface area contributed by atoms with Crippen LogP contribution in [-0.2, 0) is 0 Å². The maximum absolute atomic E-state index is 9.63. The number of fused-ring (bicyclic) bond motifs is 1. The summed E-state index contributed by atoms with van der Waals surface area (Å²) in [4.78, 5) is 0. The molecule has 3 rings (SSSR count). The standard InChI is InChI=1S/C10H18OS/c1-6(2)8-7-3-4-10(8,5-7)9(11)12/h6-9,11-12H,3-5H2,1-2H3. The molecule has 0 saturated heterocycles. The Morgan fingerprint density at radius 1 is 1.50 bits per heavy atom. The molecule has 2 heteroatoms. The molecule has 0 radical (unpaired) electrons. The van der Waals surface area contributed by atoms with Crippen molar-refractivity contribution in [3.8, 4) is 0 Å². The van der Waals surface area contributed by atoms with E-state index in [1.165, 1.54) is 19.3 Å². The van der Waals surface area contributed by atoms with Crippen LogP contribution in [0.15, 0.2) is 0 Å². The molecule has 2 bridgehead atoms. The average molecular weight is 186 g/mol. The molecule has 0 aromatic rings. The molecule has 1 N–H and O–H groups in total. The molecule has 12 heavy (non-hydrogen) atoms. The molecule has 0 amide bonds. The molecule has 0 heterocycles. The number of hydrogen-bond acceptors (Lipinski definition) is 2. The molecule has 0 spiro atoms. The van der Waals surface area contributed by atoms with Crippen LogP contribution in [0.2, 0.25) is 0 Å². The van der Waals surface area contributed by atoms with Gasteiger partial charge in [0, 0.05) is 5.41 Å². The van der Waals surface area contributed by atoms with Crippen molar-refractivity contribution in [1.82, 2.24) is 0 Å². The Balaban J connectivity index is 2.17. The summed E-state index contributed by atoms with van der Waals surface area (Å²) in [6.07, 6.45) is 3.74. The summed E-state index contributed by atoms with van der Waals surface area (Å²) in [5.74, 6) is 2.35. The first-order valence-electron chi connectivity index (χ1n) is 4.94. The summed E-state index contributed by atoms with van der Waals surface area (Å²) in [5, 5.41) is 9.63. The highest BCUT2D eigenvalue weighted by molar-refractivity contribution is 7.80. The first-order chi connectivity index (χ1) is 5.58. The zero-order valence-electron chi connectivity index (χ0n) is 7.83. The Morgan fingerprint density at radius 3 is 2.50 bits per heavy atom. The SMILES string of the molecule is CC(C)C1C2CCC1(C(O)S)C2. The van der Waals surface area contributed by atoms with Gasteiger partial charge in [0.1, 0.15) is 5.44 Å². The van der Waals surface area contributed by atoms with Gasteiger partial charge in [-0.25, -0.2) is 0 Å². The molecule has 0 aromatic carbocycles. The Bertz CT molecular complexity index is 186. The van der Waals surface area contributed by atoms with E-state index in [2.05, 4.69) is 26.5 Å². The number of aliphatic hydroxyl groups excluding tert-OH is 1. The molecular weight excluding hydrogens is 168 g/mol. The third-order valence-corrected chi connectivity index (χ3v) is 4.54. The molecule has 0 aromatic heterocycles. The Morgan fingerprint density at radius 2 is 2.17 bits per heavy atom. The van der Waals surface area contributed by atoms with E-state index in [4.69, 9.17) is 0 Å². The number of hydrogen-bond donors (Lipinski definition) is 2. The van der Waals surface area contributed by atoms with Gasteiger partial charge < -0.3 is 5.11 Å². The van der Waals surface area contributed by atoms with Crippen molar-refractivity contribution in [3.63, 3.8) is 0 Å². The highest BCUT2D eigenvalue weighted by Crippen LogP contribution is 2.67. The third kappa shape index (κ3) is 0.912. The van der Waals surface area contributed by atoms with E-state index in [9.17, 15) is 5.11 Å². The van der Waals surface area contributed by atoms with Crippen molar-refractivity contribution in [1.29, 1.82) is 0 Å². The summed E-state index contributed by atoms with van der Waals surface area (Å²) in [5.41, 5.74) is -0.189. The lowest BCUT2D eigenvalue weighted by Gasteiger charge is -2.51. The zero-order chi connectivity index (χ0) is 8.93. The maximum atomic E-state index is 9.63. The summed E-state index contributed by atoms with van der Waals surface area (Å²) in [6, 6.07) is 0. The predicted octanol–water partition coefficient (Wildman–Crippen LogP) is 2.31. The fourth-order valence-corrected chi connectivity index (χ4v) is 4.09. The van der Waals surface area contributed by atoms with E-state index in [-0.39, 0.29) is 10.9 Å². The topological polar surface area (TPSA) is 20.2 Å². The van der Waals surface area contributed by atoms with Gasteiger partial charge in [0.05, 0.1) is 0 Å². The molecule has 3 aliphatic carbocycles. The largest absolute Gasteiger partial charge is 0.382 e. The zero-order valence-corrected chi connectivity index (χ0v) is 8.72. The minimum Gasteiger partial charge on any atom is -0.382 e. The van der Waals surface area contributed by atoms with Gasteiger partial charge in [0.15, 0.2) is 0 Å². The van der Waals surface area contributed by atoms with Gasteiger partial charge in [-0.3, -0.25) is 0 Å². The Kier molecular flexibility index (Phi) is 1.96. The van der Waals surface area contributed by atoms with Crippen LogP contribution in [0.5, 0.6) is 0 Å². The first kappa shape index (κ1) is 8.89. The van der Waals surface area contributed by atoms with Crippen LogP contribution in [0, 0.1) is 23.2 Å². The molecule has 4 atom stereocenters. The summed E-state index contributed by atoms with van der Waals surface area (Å²) in [6.45, 7) is 4.54. The molecule has 70 valence electrons. The second kappa shape index (κ2) is 2.65. The van der Waals surface area contributed by atoms with Gasteiger partial charge in [0.25, 0.3) is 0 Å². The molecule has 1 nitrogen and oxygen atoms in total. The Labute approximate surface area is 80.0 Å². The lowest BCUT2D eigenvalue weighted by atomic mass is 9.56. The van der Waals surface area contributed by atoms with Gasteiger partial charge in [0.2, 0.25) is 0 Å². The lowest BCUT2D eigenvalue weighted by molar-refractivity contribution is -0.0630. The van der Waals surface area contributed by atoms with E-state index >= 15 is 0 Å². The molecule has 3 fully saturated rings. The number of thiol groups is 1. The Hall–Kier alpha value is 0.310. The van der Waals surface area contributed by atoms with Crippen LogP contribution in [0.4, 0.5) is 0 Å². The van der Waals surface area contributed by atoms with E-state index < -0.39 is 0 Å². The van der Waals surface area contributed by atoms with Crippen LogP contribution in [0.3, 0.4) is 0 Å². The second-order valence-corrected chi connectivity index (χ2v) is 5.37. The van der Waals surface area contributed by atoms with Crippen LogP contribution in [-0.4, -0.2) is 10.5 Å². The second-order valence-electron chi connectivity index (χ2n) is 4.88. The van der Waals surface area contributed by atoms with Gasteiger partial charge in [-0.05, 0) is 37.0 Å².